The molecule has 0 amide bonds. The molecule has 6 atom stereocenters. The van der Waals surface area contributed by atoms with Crippen molar-refractivity contribution < 1.29 is 23.0 Å². The van der Waals surface area contributed by atoms with Gasteiger partial charge in [-0.2, -0.15) is 0 Å². The minimum absolute atomic E-state index is 0.0946. The largest absolute Gasteiger partial charge is 0.462 e. The van der Waals surface area contributed by atoms with Crippen molar-refractivity contribution in [1.82, 2.24) is 0 Å². The van der Waals surface area contributed by atoms with Crippen LogP contribution in [0.15, 0.2) is 0 Å². The maximum absolute atomic E-state index is 14.9. The van der Waals surface area contributed by atoms with Crippen molar-refractivity contribution in [3.63, 3.8) is 0 Å². The highest BCUT2D eigenvalue weighted by atomic mass is 19.1. The van der Waals surface area contributed by atoms with Gasteiger partial charge in [0, 0.05) is 13.0 Å². The Morgan fingerprint density at radius 2 is 1.52 bits per heavy atom. The molecule has 0 spiro atoms. The highest BCUT2D eigenvalue weighted by molar-refractivity contribution is 5.73. The van der Waals surface area contributed by atoms with Crippen LogP contribution in [0.25, 0.3) is 0 Å². The third-order valence-corrected chi connectivity index (χ3v) is 7.70. The Morgan fingerprint density at radius 3 is 2.14 bits per heavy atom. The van der Waals surface area contributed by atoms with Crippen molar-refractivity contribution in [3.8, 4) is 0 Å². The summed E-state index contributed by atoms with van der Waals surface area (Å²) in [5.74, 6) is -0.0592. The molecule has 3 rings (SSSR count). The lowest BCUT2D eigenvalue weighted by atomic mass is 9.70. The van der Waals surface area contributed by atoms with E-state index in [9.17, 15) is 13.6 Å². The minimum atomic E-state index is -1.12. The van der Waals surface area contributed by atoms with Gasteiger partial charge in [-0.1, -0.05) is 13.3 Å². The van der Waals surface area contributed by atoms with E-state index in [1.54, 1.807) is 0 Å². The molecule has 3 saturated carbocycles. The van der Waals surface area contributed by atoms with Crippen LogP contribution in [0.4, 0.5) is 8.78 Å². The van der Waals surface area contributed by atoms with Gasteiger partial charge in [0.15, 0.2) is 0 Å². The van der Waals surface area contributed by atoms with Gasteiger partial charge >= 0.3 is 5.97 Å². The highest BCUT2D eigenvalue weighted by Crippen LogP contribution is 2.42. The molecule has 29 heavy (non-hydrogen) atoms. The molecule has 6 unspecified atom stereocenters. The van der Waals surface area contributed by atoms with Gasteiger partial charge in [0.25, 0.3) is 0 Å². The van der Waals surface area contributed by atoms with Crippen molar-refractivity contribution in [2.24, 2.45) is 23.7 Å². The topological polar surface area (TPSA) is 35.5 Å². The van der Waals surface area contributed by atoms with Crippen molar-refractivity contribution >= 4 is 5.97 Å². The number of carbonyl (C=O) groups is 1. The quantitative estimate of drug-likeness (QED) is 0.466. The number of rotatable bonds is 7. The van der Waals surface area contributed by atoms with E-state index in [2.05, 4.69) is 6.92 Å². The second-order valence-corrected chi connectivity index (χ2v) is 9.62. The molecular weight excluding hydrogens is 374 g/mol. The Bertz CT molecular complexity index is 506. The van der Waals surface area contributed by atoms with Crippen LogP contribution in [0.1, 0.15) is 90.9 Å². The van der Waals surface area contributed by atoms with Crippen molar-refractivity contribution in [1.29, 1.82) is 0 Å². The molecule has 0 N–H and O–H groups in total. The minimum Gasteiger partial charge on any atom is -0.462 e. The van der Waals surface area contributed by atoms with Crippen LogP contribution >= 0.6 is 0 Å². The molecule has 0 saturated heterocycles. The molecule has 0 heterocycles. The summed E-state index contributed by atoms with van der Waals surface area (Å²) in [6.07, 6.45) is 7.92. The zero-order valence-electron chi connectivity index (χ0n) is 18.3. The maximum Gasteiger partial charge on any atom is 0.312 e. The number of ether oxygens (including phenoxy) is 2. The summed E-state index contributed by atoms with van der Waals surface area (Å²) < 4.78 is 40.5. The predicted molar refractivity (Wildman–Crippen MR) is 110 cm³/mol. The molecule has 3 nitrogen and oxygen atoms in total. The van der Waals surface area contributed by atoms with Crippen LogP contribution in [0.3, 0.4) is 0 Å². The summed E-state index contributed by atoms with van der Waals surface area (Å²) in [5, 5.41) is 0. The third kappa shape index (κ3) is 6.15. The molecule has 0 aromatic carbocycles. The van der Waals surface area contributed by atoms with Crippen LogP contribution < -0.4 is 0 Å². The average Bonchev–Trinajstić information content (AvgIpc) is 2.71. The molecule has 168 valence electrons. The summed E-state index contributed by atoms with van der Waals surface area (Å²) in [7, 11) is 0. The summed E-state index contributed by atoms with van der Waals surface area (Å²) >= 11 is 0. The van der Waals surface area contributed by atoms with Gasteiger partial charge in [0.1, 0.15) is 18.4 Å². The number of hydrogen-bond acceptors (Lipinski definition) is 3. The van der Waals surface area contributed by atoms with Gasteiger partial charge in [-0.15, -0.1) is 0 Å². The molecule has 0 aliphatic heterocycles. The molecule has 0 aromatic rings. The monoisotopic (exact) mass is 414 g/mol. The summed E-state index contributed by atoms with van der Waals surface area (Å²) in [4.78, 5) is 12.6. The van der Waals surface area contributed by atoms with Crippen LogP contribution in [-0.4, -0.2) is 37.1 Å². The molecule has 0 radical (unpaired) electrons. The van der Waals surface area contributed by atoms with E-state index in [0.717, 1.165) is 58.0 Å². The number of alkyl halides is 2. The molecule has 5 heteroatoms. The van der Waals surface area contributed by atoms with Crippen LogP contribution in [0.5, 0.6) is 0 Å². The highest BCUT2D eigenvalue weighted by Gasteiger charge is 2.41. The second-order valence-electron chi connectivity index (χ2n) is 9.62. The van der Waals surface area contributed by atoms with E-state index in [-0.39, 0.29) is 18.4 Å². The van der Waals surface area contributed by atoms with Crippen molar-refractivity contribution in [2.45, 2.75) is 115 Å². The average molecular weight is 415 g/mol. The summed E-state index contributed by atoms with van der Waals surface area (Å²) in [5.41, 5.74) is 0. The molecular formula is C24H40F2O3. The lowest BCUT2D eigenvalue weighted by Gasteiger charge is -2.39. The molecule has 3 aliphatic rings. The zero-order chi connectivity index (χ0) is 20.8. The lowest BCUT2D eigenvalue weighted by Crippen LogP contribution is -2.39. The first kappa shape index (κ1) is 23.0. The number of hydrogen-bond donors (Lipinski definition) is 0. The van der Waals surface area contributed by atoms with E-state index in [1.165, 1.54) is 0 Å². The number of esters is 1. The first-order chi connectivity index (χ1) is 14.0. The number of halogens is 2. The second kappa shape index (κ2) is 11.1. The van der Waals surface area contributed by atoms with E-state index in [4.69, 9.17) is 9.47 Å². The van der Waals surface area contributed by atoms with E-state index < -0.39 is 24.2 Å². The van der Waals surface area contributed by atoms with Gasteiger partial charge < -0.3 is 9.47 Å². The Labute approximate surface area is 175 Å². The molecule has 3 fully saturated rings. The normalized spacial score (nSPS) is 41.1. The van der Waals surface area contributed by atoms with Crippen LogP contribution in [0.2, 0.25) is 0 Å². The first-order valence-corrected chi connectivity index (χ1v) is 12.1. The SMILES string of the molecule is CCCC1CCC(OC(=O)C2CCC(C3CCC(OCC)CC3)CC2F)CC1F. The van der Waals surface area contributed by atoms with Gasteiger partial charge in [0.2, 0.25) is 0 Å². The lowest BCUT2D eigenvalue weighted by molar-refractivity contribution is -0.162. The van der Waals surface area contributed by atoms with E-state index in [1.807, 2.05) is 6.92 Å². The Kier molecular flexibility index (Phi) is 8.76. The molecule has 0 aromatic heterocycles. The van der Waals surface area contributed by atoms with Crippen LogP contribution in [-0.2, 0) is 14.3 Å². The summed E-state index contributed by atoms with van der Waals surface area (Å²) in [6, 6.07) is 0. The van der Waals surface area contributed by atoms with Gasteiger partial charge in [0.05, 0.1) is 12.0 Å². The Hall–Kier alpha value is -0.710. The zero-order valence-corrected chi connectivity index (χ0v) is 18.3. The van der Waals surface area contributed by atoms with Crippen molar-refractivity contribution in [3.05, 3.63) is 0 Å². The van der Waals surface area contributed by atoms with E-state index >= 15 is 0 Å². The maximum atomic E-state index is 14.9. The Morgan fingerprint density at radius 1 is 0.828 bits per heavy atom. The smallest absolute Gasteiger partial charge is 0.312 e. The fraction of sp³-hybridized carbons (Fsp3) is 0.958. The Balaban J connectivity index is 1.42. The first-order valence-electron chi connectivity index (χ1n) is 12.1. The molecule has 3 aliphatic carbocycles. The van der Waals surface area contributed by atoms with Gasteiger partial charge in [-0.05, 0) is 88.9 Å². The standard InChI is InChI=1S/C24H40F2O3/c1-3-5-17-8-12-20(15-22(17)25)29-24(27)21-13-9-18(14-23(21)26)16-6-10-19(11-7-16)28-4-2/h16-23H,3-15H2,1-2H3. The predicted octanol–water partition coefficient (Wildman–Crippen LogP) is 6.19. The van der Waals surface area contributed by atoms with E-state index in [0.29, 0.717) is 37.2 Å². The fourth-order valence-electron chi connectivity index (χ4n) is 6.00. The summed E-state index contributed by atoms with van der Waals surface area (Å²) in [6.45, 7) is 4.87. The number of carbonyl (C=O) groups excluding carboxylic acids is 1. The van der Waals surface area contributed by atoms with Crippen LogP contribution in [0, 0.1) is 23.7 Å². The fourth-order valence-corrected chi connectivity index (χ4v) is 6.00. The molecule has 0 bridgehead atoms. The van der Waals surface area contributed by atoms with Gasteiger partial charge in [-0.3, -0.25) is 4.79 Å². The third-order valence-electron chi connectivity index (χ3n) is 7.70. The van der Waals surface area contributed by atoms with Crippen molar-refractivity contribution in [2.75, 3.05) is 6.61 Å². The van der Waals surface area contributed by atoms with Gasteiger partial charge in [-0.25, -0.2) is 8.78 Å².